The number of piperidine rings is 1. The molecule has 4 heterocycles. The molecule has 1 saturated heterocycles. The summed E-state index contributed by atoms with van der Waals surface area (Å²) in [6.07, 6.45) is 3.22. The van der Waals surface area contributed by atoms with Crippen LogP contribution in [0.2, 0.25) is 0 Å². The maximum absolute atomic E-state index is 12.2. The normalized spacial score (nSPS) is 18.2. The second-order valence-corrected chi connectivity index (χ2v) is 9.12. The van der Waals surface area contributed by atoms with Crippen LogP contribution in [0.5, 0.6) is 0 Å². The number of thiophene rings is 1. The van der Waals surface area contributed by atoms with Crippen LogP contribution in [-0.4, -0.2) is 46.8 Å². The number of carbonyl (C=O) groups is 1. The summed E-state index contributed by atoms with van der Waals surface area (Å²) in [6.45, 7) is 10.4. The summed E-state index contributed by atoms with van der Waals surface area (Å²) in [4.78, 5) is 16.7. The number of ether oxygens (including phenoxy) is 1. The molecule has 2 aliphatic heterocycles. The van der Waals surface area contributed by atoms with Gasteiger partial charge in [-0.1, -0.05) is 0 Å². The lowest BCUT2D eigenvalue weighted by Gasteiger charge is -2.31. The molecule has 2 aromatic rings. The highest BCUT2D eigenvalue weighted by molar-refractivity contribution is 7.13. The predicted molar refractivity (Wildman–Crippen MR) is 111 cm³/mol. The Bertz CT molecular complexity index is 820. The smallest absolute Gasteiger partial charge is 0.261 e. The van der Waals surface area contributed by atoms with Crippen molar-refractivity contribution in [3.05, 3.63) is 38.8 Å². The van der Waals surface area contributed by atoms with E-state index >= 15 is 0 Å². The van der Waals surface area contributed by atoms with Crippen molar-refractivity contribution in [1.29, 1.82) is 0 Å². The van der Waals surface area contributed by atoms with E-state index in [2.05, 4.69) is 21.8 Å². The van der Waals surface area contributed by atoms with E-state index in [1.165, 1.54) is 21.8 Å². The topological polar surface area (TPSA) is 59.4 Å². The van der Waals surface area contributed by atoms with E-state index in [-0.39, 0.29) is 5.91 Å². The lowest BCUT2D eigenvalue weighted by Crippen LogP contribution is -2.38. The van der Waals surface area contributed by atoms with Crippen LogP contribution in [0.1, 0.15) is 51.3 Å². The Morgan fingerprint density at radius 3 is 2.89 bits per heavy atom. The van der Waals surface area contributed by atoms with Crippen molar-refractivity contribution >= 4 is 17.2 Å². The summed E-state index contributed by atoms with van der Waals surface area (Å²) >= 11 is 1.56. The predicted octanol–water partition coefficient (Wildman–Crippen LogP) is 2.99. The van der Waals surface area contributed by atoms with Crippen molar-refractivity contribution in [2.45, 2.75) is 52.8 Å². The van der Waals surface area contributed by atoms with Crippen LogP contribution in [0.4, 0.5) is 0 Å². The van der Waals surface area contributed by atoms with Crippen molar-refractivity contribution in [3.63, 3.8) is 0 Å². The fraction of sp³-hybridized carbons (Fsp3) is 0.619. The largest absolute Gasteiger partial charge is 0.376 e. The van der Waals surface area contributed by atoms with Gasteiger partial charge in [-0.05, 0) is 57.8 Å². The molecule has 0 aromatic carbocycles. The van der Waals surface area contributed by atoms with E-state index in [4.69, 9.17) is 9.84 Å². The summed E-state index contributed by atoms with van der Waals surface area (Å²) in [7, 11) is 0. The van der Waals surface area contributed by atoms with Crippen molar-refractivity contribution in [1.82, 2.24) is 20.0 Å². The first kappa shape index (κ1) is 19.6. The van der Waals surface area contributed by atoms with Gasteiger partial charge in [0.05, 0.1) is 23.8 Å². The minimum Gasteiger partial charge on any atom is -0.376 e. The number of hydrogen-bond acceptors (Lipinski definition) is 5. The first-order valence-corrected chi connectivity index (χ1v) is 11.2. The molecule has 0 unspecified atom stereocenters. The average molecular weight is 403 g/mol. The lowest BCUT2D eigenvalue weighted by atomic mass is 9.96. The zero-order chi connectivity index (χ0) is 19.5. The van der Waals surface area contributed by atoms with E-state index in [0.717, 1.165) is 63.5 Å². The van der Waals surface area contributed by atoms with E-state index in [9.17, 15) is 4.79 Å². The number of aromatic nitrogens is 2. The summed E-state index contributed by atoms with van der Waals surface area (Å²) in [5.41, 5.74) is 3.87. The third kappa shape index (κ3) is 4.31. The van der Waals surface area contributed by atoms with Gasteiger partial charge in [0.15, 0.2) is 0 Å². The van der Waals surface area contributed by atoms with E-state index in [0.29, 0.717) is 12.5 Å². The molecule has 28 heavy (non-hydrogen) atoms. The first-order chi connectivity index (χ1) is 13.6. The quantitative estimate of drug-likeness (QED) is 0.807. The molecule has 1 amide bonds. The molecule has 7 heteroatoms. The summed E-state index contributed by atoms with van der Waals surface area (Å²) in [5, 5.41) is 7.98. The molecule has 0 atom stereocenters. The average Bonchev–Trinajstić information content (AvgIpc) is 3.31. The van der Waals surface area contributed by atoms with E-state index in [1.807, 2.05) is 19.1 Å². The summed E-state index contributed by atoms with van der Waals surface area (Å²) < 4.78 is 7.84. The number of nitrogens with one attached hydrogen (secondary N) is 1. The second kappa shape index (κ2) is 8.76. The van der Waals surface area contributed by atoms with Crippen LogP contribution in [0.3, 0.4) is 0 Å². The standard InChI is InChI=1S/C21H30N4O2S/c1-3-25-19-8-11-27-14-17(19)18(23-25)13-24-9-6-16(7-10-24)12-22-21(26)20-5-4-15(2)28-20/h4-5,16H,3,6-14H2,1-2H3,(H,22,26). The SMILES string of the molecule is CCn1nc(CN2CCC(CNC(=O)c3ccc(C)s3)CC2)c2c1CCOC2. The van der Waals surface area contributed by atoms with Crippen molar-refractivity contribution in [2.75, 3.05) is 26.2 Å². The summed E-state index contributed by atoms with van der Waals surface area (Å²) in [6, 6.07) is 3.92. The van der Waals surface area contributed by atoms with Crippen LogP contribution in [0.15, 0.2) is 12.1 Å². The van der Waals surface area contributed by atoms with Gasteiger partial charge in [0, 0.05) is 42.2 Å². The van der Waals surface area contributed by atoms with Crippen molar-refractivity contribution in [2.24, 2.45) is 5.92 Å². The molecule has 0 spiro atoms. The van der Waals surface area contributed by atoms with Gasteiger partial charge < -0.3 is 10.1 Å². The zero-order valence-corrected chi connectivity index (χ0v) is 17.7. The lowest BCUT2D eigenvalue weighted by molar-refractivity contribution is 0.0938. The highest BCUT2D eigenvalue weighted by atomic mass is 32.1. The van der Waals surface area contributed by atoms with Gasteiger partial charge in [-0.25, -0.2) is 0 Å². The van der Waals surface area contributed by atoms with Crippen molar-refractivity contribution in [3.8, 4) is 0 Å². The minimum absolute atomic E-state index is 0.0669. The number of likely N-dealkylation sites (tertiary alicyclic amines) is 1. The minimum atomic E-state index is 0.0669. The molecular weight excluding hydrogens is 372 g/mol. The molecule has 1 N–H and O–H groups in total. The molecule has 0 aliphatic carbocycles. The molecule has 152 valence electrons. The molecule has 2 aliphatic rings. The molecular formula is C21H30N4O2S. The Labute approximate surface area is 170 Å². The Hall–Kier alpha value is -1.70. The van der Waals surface area contributed by atoms with Gasteiger partial charge in [-0.15, -0.1) is 11.3 Å². The number of fused-ring (bicyclic) bond motifs is 1. The van der Waals surface area contributed by atoms with Crippen LogP contribution < -0.4 is 5.32 Å². The van der Waals surface area contributed by atoms with Gasteiger partial charge in [0.25, 0.3) is 5.91 Å². The number of nitrogens with zero attached hydrogens (tertiary/aromatic N) is 3. The molecule has 4 rings (SSSR count). The third-order valence-electron chi connectivity index (χ3n) is 5.87. The highest BCUT2D eigenvalue weighted by Crippen LogP contribution is 2.24. The Morgan fingerprint density at radius 1 is 1.36 bits per heavy atom. The Kier molecular flexibility index (Phi) is 6.13. The summed E-state index contributed by atoms with van der Waals surface area (Å²) in [5.74, 6) is 0.629. The number of hydrogen-bond donors (Lipinski definition) is 1. The van der Waals surface area contributed by atoms with Gasteiger partial charge in [-0.2, -0.15) is 5.10 Å². The highest BCUT2D eigenvalue weighted by Gasteiger charge is 2.25. The number of amides is 1. The fourth-order valence-corrected chi connectivity index (χ4v) is 4.99. The van der Waals surface area contributed by atoms with Gasteiger partial charge in [0.1, 0.15) is 0 Å². The molecule has 0 bridgehead atoms. The zero-order valence-electron chi connectivity index (χ0n) is 16.9. The Morgan fingerprint density at radius 2 is 2.18 bits per heavy atom. The maximum atomic E-state index is 12.2. The van der Waals surface area contributed by atoms with E-state index < -0.39 is 0 Å². The van der Waals surface area contributed by atoms with Crippen LogP contribution in [-0.2, 0) is 30.9 Å². The third-order valence-corrected chi connectivity index (χ3v) is 6.87. The second-order valence-electron chi connectivity index (χ2n) is 7.83. The van der Waals surface area contributed by atoms with Crippen molar-refractivity contribution < 1.29 is 9.53 Å². The number of rotatable bonds is 6. The van der Waals surface area contributed by atoms with Crippen LogP contribution in [0.25, 0.3) is 0 Å². The number of carbonyl (C=O) groups excluding carboxylic acids is 1. The van der Waals surface area contributed by atoms with Crippen LogP contribution in [0, 0.1) is 12.8 Å². The maximum Gasteiger partial charge on any atom is 0.261 e. The van der Waals surface area contributed by atoms with Gasteiger partial charge >= 0.3 is 0 Å². The number of aryl methyl sites for hydroxylation is 2. The Balaban J connectivity index is 1.27. The van der Waals surface area contributed by atoms with Gasteiger partial charge in [-0.3, -0.25) is 14.4 Å². The molecule has 0 radical (unpaired) electrons. The molecule has 6 nitrogen and oxygen atoms in total. The van der Waals surface area contributed by atoms with E-state index in [1.54, 1.807) is 11.3 Å². The molecule has 2 aromatic heterocycles. The molecule has 1 fully saturated rings. The monoisotopic (exact) mass is 402 g/mol. The fourth-order valence-electron chi connectivity index (χ4n) is 4.21. The van der Waals surface area contributed by atoms with Crippen LogP contribution >= 0.6 is 11.3 Å². The van der Waals surface area contributed by atoms with Gasteiger partial charge in [0.2, 0.25) is 0 Å². The molecule has 0 saturated carbocycles. The first-order valence-electron chi connectivity index (χ1n) is 10.4.